The number of nitrogens with one attached hydrogen (secondary N) is 1. The molecule has 88 valence electrons. The van der Waals surface area contributed by atoms with Crippen LogP contribution in [0.2, 0.25) is 5.02 Å². The number of hydrogen-bond acceptors (Lipinski definition) is 5. The van der Waals surface area contributed by atoms with E-state index in [-0.39, 0.29) is 5.82 Å². The maximum Gasteiger partial charge on any atom is 0.518 e. The molecule has 10 heteroatoms. The fourth-order valence-corrected chi connectivity index (χ4v) is 2.54. The molecule has 0 fully saturated rings. The van der Waals surface area contributed by atoms with Gasteiger partial charge in [-0.15, -0.1) is 0 Å². The molecule has 0 saturated heterocycles. The number of halogens is 1. The second kappa shape index (κ2) is 5.68. The van der Waals surface area contributed by atoms with Crippen molar-refractivity contribution in [3.8, 4) is 0 Å². The molecule has 1 heterocycles. The van der Waals surface area contributed by atoms with Crippen molar-refractivity contribution in [3.05, 3.63) is 23.4 Å². The van der Waals surface area contributed by atoms with E-state index in [0.29, 0.717) is 5.02 Å². The molecule has 0 saturated carbocycles. The predicted octanol–water partition coefficient (Wildman–Crippen LogP) is 1.96. The number of pyridine rings is 1. The highest BCUT2D eigenvalue weighted by Gasteiger charge is 2.32. The van der Waals surface area contributed by atoms with Gasteiger partial charge in [-0.1, -0.05) is 11.6 Å². The summed E-state index contributed by atoms with van der Waals surface area (Å²) in [6, 6.07) is 2.91. The molecular weight excluding hydrogens is 277 g/mol. The monoisotopic (exact) mass is 285 g/mol. The van der Waals surface area contributed by atoms with Crippen molar-refractivity contribution >= 4 is 33.0 Å². The molecule has 1 aromatic rings. The summed E-state index contributed by atoms with van der Waals surface area (Å²) in [6.45, 7) is 0. The van der Waals surface area contributed by atoms with Gasteiger partial charge in [0.1, 0.15) is 5.82 Å². The Hall–Kier alpha value is -0.550. The molecule has 7 nitrogen and oxygen atoms in total. The average molecular weight is 286 g/mol. The molecule has 3 N–H and O–H groups in total. The third kappa shape index (κ3) is 4.99. The fraction of sp³-hybridized carbons (Fsp3) is 0.167. The molecule has 0 aliphatic carbocycles. The second-order valence-corrected chi connectivity index (χ2v) is 6.42. The van der Waals surface area contributed by atoms with Crippen LogP contribution in [0.1, 0.15) is 0 Å². The maximum absolute atomic E-state index is 11.1. The van der Waals surface area contributed by atoms with Crippen LogP contribution < -0.4 is 5.48 Å². The quantitative estimate of drug-likeness (QED) is 0.560. The normalized spacial score (nSPS) is 15.3. The van der Waals surface area contributed by atoms with E-state index in [1.165, 1.54) is 18.3 Å². The van der Waals surface area contributed by atoms with Gasteiger partial charge in [0.05, 0.1) is 5.02 Å². The number of anilines is 1. The summed E-state index contributed by atoms with van der Waals surface area (Å²) in [5.74, 6) is -0.685. The van der Waals surface area contributed by atoms with Crippen molar-refractivity contribution in [3.63, 3.8) is 0 Å². The molecule has 2 unspecified atom stereocenters. The van der Waals surface area contributed by atoms with Crippen LogP contribution in [-0.2, 0) is 13.8 Å². The minimum atomic E-state index is -4.14. The molecule has 0 aromatic carbocycles. The van der Waals surface area contributed by atoms with E-state index in [9.17, 15) is 9.13 Å². The van der Waals surface area contributed by atoms with Gasteiger partial charge in [0.2, 0.25) is 0 Å². The Bertz CT molecular complexity index is 425. The summed E-state index contributed by atoms with van der Waals surface area (Å²) in [4.78, 5) is 21.3. The highest BCUT2D eigenvalue weighted by Crippen LogP contribution is 2.48. The van der Waals surface area contributed by atoms with Crippen molar-refractivity contribution in [1.29, 1.82) is 0 Å². The Morgan fingerprint density at radius 2 is 2.31 bits per heavy atom. The van der Waals surface area contributed by atoms with Gasteiger partial charge in [0.25, 0.3) is 5.90 Å². The van der Waals surface area contributed by atoms with Gasteiger partial charge >= 0.3 is 15.6 Å². The van der Waals surface area contributed by atoms with Crippen LogP contribution in [0.3, 0.4) is 0 Å². The van der Waals surface area contributed by atoms with Gasteiger partial charge in [0.15, 0.2) is 0 Å². The lowest BCUT2D eigenvalue weighted by Crippen LogP contribution is -2.02. The molecule has 0 amide bonds. The van der Waals surface area contributed by atoms with Crippen LogP contribution in [0.15, 0.2) is 18.3 Å². The van der Waals surface area contributed by atoms with Crippen molar-refractivity contribution in [2.75, 3.05) is 11.4 Å². The van der Waals surface area contributed by atoms with Crippen LogP contribution in [0.4, 0.5) is 5.82 Å². The fourth-order valence-electron chi connectivity index (χ4n) is 0.736. The van der Waals surface area contributed by atoms with E-state index in [0.717, 1.165) is 0 Å². The smallest absolute Gasteiger partial charge is 0.320 e. The van der Waals surface area contributed by atoms with Gasteiger partial charge in [-0.25, -0.2) is 10.5 Å². The number of rotatable bonds is 5. The molecule has 1 rings (SSSR count). The van der Waals surface area contributed by atoms with Gasteiger partial charge in [0, 0.05) is 6.20 Å². The van der Waals surface area contributed by atoms with Crippen LogP contribution in [0.5, 0.6) is 0 Å². The van der Waals surface area contributed by atoms with Crippen LogP contribution >= 0.6 is 27.2 Å². The topological polar surface area (TPSA) is 109 Å². The Morgan fingerprint density at radius 3 is 2.81 bits per heavy atom. The van der Waals surface area contributed by atoms with E-state index in [4.69, 9.17) is 21.4 Å². The van der Waals surface area contributed by atoms with E-state index in [2.05, 4.69) is 15.1 Å². The zero-order chi connectivity index (χ0) is 12.2. The van der Waals surface area contributed by atoms with Crippen LogP contribution in [-0.4, -0.2) is 20.7 Å². The molecule has 0 aliphatic heterocycles. The summed E-state index contributed by atoms with van der Waals surface area (Å²) in [5.41, 5.74) is 2.09. The number of hydrogen-bond donors (Lipinski definition) is 3. The maximum atomic E-state index is 11.1. The zero-order valence-corrected chi connectivity index (χ0v) is 10.3. The average Bonchev–Trinajstić information content (AvgIpc) is 2.15. The summed E-state index contributed by atoms with van der Waals surface area (Å²) < 4.78 is 25.9. The highest BCUT2D eigenvalue weighted by atomic mass is 35.5. The second-order valence-electron chi connectivity index (χ2n) is 2.69. The summed E-state index contributed by atoms with van der Waals surface area (Å²) in [6.07, 6.45) is 1.31. The van der Waals surface area contributed by atoms with E-state index in [1.54, 1.807) is 0 Å². The summed E-state index contributed by atoms with van der Waals surface area (Å²) in [7, 11) is -6.89. The lowest BCUT2D eigenvalue weighted by Gasteiger charge is -2.07. The first kappa shape index (κ1) is 13.5. The predicted molar refractivity (Wildman–Crippen MR) is 58.5 cm³/mol. The Balaban J connectivity index is 2.54. The van der Waals surface area contributed by atoms with Crippen LogP contribution in [0.25, 0.3) is 0 Å². The van der Waals surface area contributed by atoms with E-state index >= 15 is 0 Å². The SMILES string of the molecule is O=[P+](O)CP(=O)(O)ONc1ccc(Cl)cn1. The first-order valence-electron chi connectivity index (χ1n) is 3.90. The molecule has 0 aliphatic rings. The number of aromatic nitrogens is 1. The van der Waals surface area contributed by atoms with Gasteiger partial charge in [-0.2, -0.15) is 9.52 Å². The molecule has 0 bridgehead atoms. The Labute approximate surface area is 96.8 Å². The molecular formula is C6H8ClN2O5P2+. The lowest BCUT2D eigenvalue weighted by atomic mass is 10.5. The first-order valence-corrected chi connectivity index (χ1v) is 7.44. The van der Waals surface area contributed by atoms with Crippen molar-refractivity contribution in [2.45, 2.75) is 0 Å². The molecule has 2 atom stereocenters. The Kier molecular flexibility index (Phi) is 4.80. The lowest BCUT2D eigenvalue weighted by molar-refractivity contribution is 0.314. The third-order valence-electron chi connectivity index (χ3n) is 1.32. The van der Waals surface area contributed by atoms with Crippen LogP contribution in [0, 0.1) is 0 Å². The molecule has 0 spiro atoms. The van der Waals surface area contributed by atoms with Crippen molar-refractivity contribution < 1.29 is 23.5 Å². The summed E-state index contributed by atoms with van der Waals surface area (Å²) >= 11 is 5.56. The standard InChI is InChI=1S/C6H7ClN2O5P2/c7-5-1-2-6(8-3-5)9-14-16(12,13)4-15(10)11/h1-3H,4H2,(H2-,8,9,10,11,12,13)/p+1. The highest BCUT2D eigenvalue weighted by molar-refractivity contribution is 7.64. The van der Waals surface area contributed by atoms with Gasteiger partial charge in [-0.3, -0.25) is 4.57 Å². The van der Waals surface area contributed by atoms with E-state index < -0.39 is 21.5 Å². The van der Waals surface area contributed by atoms with Gasteiger partial charge < -0.3 is 4.89 Å². The Morgan fingerprint density at radius 1 is 1.62 bits per heavy atom. The molecule has 1 aromatic heterocycles. The largest absolute Gasteiger partial charge is 0.518 e. The zero-order valence-electron chi connectivity index (χ0n) is 7.78. The van der Waals surface area contributed by atoms with Gasteiger partial charge in [-0.05, 0) is 16.7 Å². The van der Waals surface area contributed by atoms with Crippen molar-refractivity contribution in [1.82, 2.24) is 4.98 Å². The van der Waals surface area contributed by atoms with Crippen molar-refractivity contribution in [2.24, 2.45) is 0 Å². The minimum Gasteiger partial charge on any atom is -0.320 e. The molecule has 0 radical (unpaired) electrons. The number of nitrogens with zero attached hydrogens (tertiary/aromatic N) is 1. The summed E-state index contributed by atoms with van der Waals surface area (Å²) in [5, 5.41) is 0.399. The van der Waals surface area contributed by atoms with E-state index in [1.807, 2.05) is 0 Å². The minimum absolute atomic E-state index is 0.159. The third-order valence-corrected chi connectivity index (χ3v) is 4.32. The first-order chi connectivity index (χ1) is 7.39. The molecule has 16 heavy (non-hydrogen) atoms.